The molecule has 1 fully saturated rings. The van der Waals surface area contributed by atoms with E-state index in [9.17, 15) is 10.1 Å². The van der Waals surface area contributed by atoms with Crippen molar-refractivity contribution in [3.05, 3.63) is 27.9 Å². The molecule has 0 amide bonds. The minimum atomic E-state index is -0.343. The molecule has 1 atom stereocenters. The maximum Gasteiger partial charge on any atom is 0.314 e. The van der Waals surface area contributed by atoms with Crippen molar-refractivity contribution in [2.45, 2.75) is 19.9 Å². The lowest BCUT2D eigenvalue weighted by Crippen LogP contribution is -2.49. The molecule has 0 radical (unpaired) electrons. The summed E-state index contributed by atoms with van der Waals surface area (Å²) in [5.74, 6) is 0.489. The summed E-state index contributed by atoms with van der Waals surface area (Å²) in [5, 5.41) is 14.4. The average Bonchev–Trinajstić information content (AvgIpc) is 2.28. The van der Waals surface area contributed by atoms with E-state index >= 15 is 0 Å². The van der Waals surface area contributed by atoms with Crippen LogP contribution in [0.5, 0.6) is 0 Å². The standard InChI is InChI=1S/C11H16N4O2/c1-8-3-4-13-11(10(8)15(16)17)14-6-5-12-9(2)7-14/h3-4,9,12H,5-7H2,1-2H3/t9-/m1/s1. The summed E-state index contributed by atoms with van der Waals surface area (Å²) in [7, 11) is 0. The van der Waals surface area contributed by atoms with Crippen molar-refractivity contribution in [1.82, 2.24) is 10.3 Å². The number of piperazine rings is 1. The Labute approximate surface area is 99.8 Å². The lowest BCUT2D eigenvalue weighted by Gasteiger charge is -2.32. The van der Waals surface area contributed by atoms with Gasteiger partial charge in [-0.05, 0) is 19.9 Å². The van der Waals surface area contributed by atoms with Crippen LogP contribution in [0.15, 0.2) is 12.3 Å². The fourth-order valence-corrected chi connectivity index (χ4v) is 2.12. The van der Waals surface area contributed by atoms with Crippen LogP contribution in [0.1, 0.15) is 12.5 Å². The van der Waals surface area contributed by atoms with Gasteiger partial charge in [-0.1, -0.05) is 0 Å². The Morgan fingerprint density at radius 3 is 3.06 bits per heavy atom. The molecule has 0 bridgehead atoms. The predicted molar refractivity (Wildman–Crippen MR) is 65.3 cm³/mol. The van der Waals surface area contributed by atoms with Gasteiger partial charge in [0, 0.05) is 37.4 Å². The first-order chi connectivity index (χ1) is 8.09. The molecule has 1 aliphatic rings. The Morgan fingerprint density at radius 1 is 1.65 bits per heavy atom. The number of aromatic nitrogens is 1. The van der Waals surface area contributed by atoms with E-state index in [1.807, 2.05) is 4.90 Å². The van der Waals surface area contributed by atoms with Gasteiger partial charge in [0.1, 0.15) is 0 Å². The van der Waals surface area contributed by atoms with Crippen molar-refractivity contribution in [3.63, 3.8) is 0 Å². The fraction of sp³-hybridized carbons (Fsp3) is 0.545. The molecule has 1 aromatic heterocycles. The summed E-state index contributed by atoms with van der Waals surface area (Å²) < 4.78 is 0. The summed E-state index contributed by atoms with van der Waals surface area (Å²) in [6.45, 7) is 6.13. The Bertz CT molecular complexity index is 435. The molecule has 0 aliphatic carbocycles. The van der Waals surface area contributed by atoms with Gasteiger partial charge in [0.25, 0.3) is 0 Å². The van der Waals surface area contributed by atoms with Crippen molar-refractivity contribution < 1.29 is 4.92 Å². The van der Waals surface area contributed by atoms with Crippen LogP contribution >= 0.6 is 0 Å². The van der Waals surface area contributed by atoms with Gasteiger partial charge in [-0.3, -0.25) is 10.1 Å². The van der Waals surface area contributed by atoms with E-state index in [2.05, 4.69) is 17.2 Å². The lowest BCUT2D eigenvalue weighted by atomic mass is 10.2. The van der Waals surface area contributed by atoms with Gasteiger partial charge in [-0.25, -0.2) is 4.98 Å². The van der Waals surface area contributed by atoms with Crippen LogP contribution in [-0.4, -0.2) is 35.6 Å². The molecule has 0 saturated carbocycles. The zero-order chi connectivity index (χ0) is 12.4. The molecule has 1 saturated heterocycles. The molecular weight excluding hydrogens is 220 g/mol. The second kappa shape index (κ2) is 4.67. The zero-order valence-electron chi connectivity index (χ0n) is 10.0. The Hall–Kier alpha value is -1.69. The summed E-state index contributed by atoms with van der Waals surface area (Å²) in [4.78, 5) is 16.9. The highest BCUT2D eigenvalue weighted by molar-refractivity contribution is 5.61. The SMILES string of the molecule is Cc1ccnc(N2CCN[C@H](C)C2)c1[N+](=O)[O-]. The first-order valence-electron chi connectivity index (χ1n) is 5.68. The van der Waals surface area contributed by atoms with E-state index in [1.54, 1.807) is 19.2 Å². The monoisotopic (exact) mass is 236 g/mol. The minimum absolute atomic E-state index is 0.126. The molecule has 0 unspecified atom stereocenters. The van der Waals surface area contributed by atoms with Gasteiger partial charge < -0.3 is 10.2 Å². The second-order valence-electron chi connectivity index (χ2n) is 4.36. The van der Waals surface area contributed by atoms with Crippen LogP contribution in [0.2, 0.25) is 0 Å². The number of aryl methyl sites for hydroxylation is 1. The van der Waals surface area contributed by atoms with E-state index in [1.165, 1.54) is 0 Å². The molecule has 2 rings (SSSR count). The highest BCUT2D eigenvalue weighted by Gasteiger charge is 2.26. The highest BCUT2D eigenvalue weighted by atomic mass is 16.6. The number of hydrogen-bond donors (Lipinski definition) is 1. The van der Waals surface area contributed by atoms with Crippen molar-refractivity contribution in [2.75, 3.05) is 24.5 Å². The van der Waals surface area contributed by atoms with E-state index in [0.29, 0.717) is 17.4 Å². The van der Waals surface area contributed by atoms with E-state index in [-0.39, 0.29) is 10.6 Å². The van der Waals surface area contributed by atoms with E-state index in [4.69, 9.17) is 0 Å². The number of anilines is 1. The third kappa shape index (κ3) is 2.36. The largest absolute Gasteiger partial charge is 0.348 e. The van der Waals surface area contributed by atoms with Crippen molar-refractivity contribution in [1.29, 1.82) is 0 Å². The molecular formula is C11H16N4O2. The topological polar surface area (TPSA) is 71.3 Å². The van der Waals surface area contributed by atoms with Gasteiger partial charge in [0.05, 0.1) is 4.92 Å². The van der Waals surface area contributed by atoms with E-state index in [0.717, 1.165) is 19.6 Å². The second-order valence-corrected chi connectivity index (χ2v) is 4.36. The number of pyridine rings is 1. The van der Waals surface area contributed by atoms with Crippen LogP contribution in [0, 0.1) is 17.0 Å². The normalized spacial score (nSPS) is 20.4. The predicted octanol–water partition coefficient (Wildman–Crippen LogP) is 1.10. The van der Waals surface area contributed by atoms with Crippen molar-refractivity contribution in [3.8, 4) is 0 Å². The quantitative estimate of drug-likeness (QED) is 0.615. The third-order valence-electron chi connectivity index (χ3n) is 2.96. The fourth-order valence-electron chi connectivity index (χ4n) is 2.12. The lowest BCUT2D eigenvalue weighted by molar-refractivity contribution is -0.384. The van der Waals surface area contributed by atoms with Gasteiger partial charge in [0.2, 0.25) is 5.82 Å². The molecule has 92 valence electrons. The maximum atomic E-state index is 11.1. The van der Waals surface area contributed by atoms with E-state index < -0.39 is 0 Å². The minimum Gasteiger partial charge on any atom is -0.348 e. The van der Waals surface area contributed by atoms with Gasteiger partial charge in [-0.15, -0.1) is 0 Å². The molecule has 1 aliphatic heterocycles. The summed E-state index contributed by atoms with van der Waals surface area (Å²) in [6.07, 6.45) is 1.63. The Kier molecular flexibility index (Phi) is 3.23. The number of rotatable bonds is 2. The van der Waals surface area contributed by atoms with Gasteiger partial charge in [0.15, 0.2) is 0 Å². The molecule has 6 nitrogen and oxygen atoms in total. The van der Waals surface area contributed by atoms with Crippen LogP contribution in [0.25, 0.3) is 0 Å². The smallest absolute Gasteiger partial charge is 0.314 e. The number of nitro groups is 1. The van der Waals surface area contributed by atoms with Crippen molar-refractivity contribution in [2.24, 2.45) is 0 Å². The molecule has 1 aromatic rings. The van der Waals surface area contributed by atoms with Gasteiger partial charge in [-0.2, -0.15) is 0 Å². The summed E-state index contributed by atoms with van der Waals surface area (Å²) >= 11 is 0. The third-order valence-corrected chi connectivity index (χ3v) is 2.96. The summed E-state index contributed by atoms with van der Waals surface area (Å²) in [5.41, 5.74) is 0.785. The average molecular weight is 236 g/mol. The molecule has 0 aromatic carbocycles. The highest BCUT2D eigenvalue weighted by Crippen LogP contribution is 2.29. The van der Waals surface area contributed by atoms with Crippen LogP contribution in [0.3, 0.4) is 0 Å². The van der Waals surface area contributed by atoms with Crippen LogP contribution in [-0.2, 0) is 0 Å². The Morgan fingerprint density at radius 2 is 2.41 bits per heavy atom. The molecule has 0 spiro atoms. The van der Waals surface area contributed by atoms with Crippen LogP contribution in [0.4, 0.5) is 11.5 Å². The number of nitrogens with one attached hydrogen (secondary N) is 1. The van der Waals surface area contributed by atoms with Crippen molar-refractivity contribution >= 4 is 11.5 Å². The van der Waals surface area contributed by atoms with Crippen LogP contribution < -0.4 is 10.2 Å². The first-order valence-corrected chi connectivity index (χ1v) is 5.68. The first kappa shape index (κ1) is 11.8. The maximum absolute atomic E-state index is 11.1. The molecule has 2 heterocycles. The molecule has 17 heavy (non-hydrogen) atoms. The molecule has 1 N–H and O–H groups in total. The zero-order valence-corrected chi connectivity index (χ0v) is 10.0. The number of hydrogen-bond acceptors (Lipinski definition) is 5. The Balaban J connectivity index is 2.37. The molecule has 6 heteroatoms. The number of nitrogens with zero attached hydrogens (tertiary/aromatic N) is 3. The summed E-state index contributed by atoms with van der Waals surface area (Å²) in [6, 6.07) is 2.00. The van der Waals surface area contributed by atoms with Gasteiger partial charge >= 0.3 is 5.69 Å².